The number of aromatic nitrogens is 3. The summed E-state index contributed by atoms with van der Waals surface area (Å²) in [5.41, 5.74) is 18.1. The van der Waals surface area contributed by atoms with Crippen molar-refractivity contribution in [3.63, 3.8) is 0 Å². The minimum atomic E-state index is -0.517. The summed E-state index contributed by atoms with van der Waals surface area (Å²) >= 11 is 0. The summed E-state index contributed by atoms with van der Waals surface area (Å²) in [6, 6.07) is 79.2. The first-order chi connectivity index (χ1) is 30.7. The maximum Gasteiger partial charge on any atom is 0.161 e. The first-order valence-corrected chi connectivity index (χ1v) is 21.0. The van der Waals surface area contributed by atoms with Crippen LogP contribution in [0.2, 0.25) is 0 Å². The second-order valence-electron chi connectivity index (χ2n) is 15.9. The van der Waals surface area contributed by atoms with E-state index in [9.17, 15) is 0 Å². The van der Waals surface area contributed by atoms with E-state index in [0.717, 1.165) is 72.5 Å². The van der Waals surface area contributed by atoms with Gasteiger partial charge in [-0.15, -0.1) is 0 Å². The fourth-order valence-electron chi connectivity index (χ4n) is 9.54. The smallest absolute Gasteiger partial charge is 0.161 e. The topological polar surface area (TPSA) is 51.8 Å². The lowest BCUT2D eigenvalue weighted by molar-refractivity contribution is 0.669. The van der Waals surface area contributed by atoms with Crippen molar-refractivity contribution < 1.29 is 4.42 Å². The van der Waals surface area contributed by atoms with Gasteiger partial charge in [0.05, 0.1) is 22.5 Å². The number of para-hydroxylation sites is 1. The molecule has 0 bridgehead atoms. The van der Waals surface area contributed by atoms with E-state index in [0.29, 0.717) is 5.82 Å². The van der Waals surface area contributed by atoms with E-state index in [4.69, 9.17) is 19.4 Å². The zero-order chi connectivity index (χ0) is 41.0. The van der Waals surface area contributed by atoms with Crippen LogP contribution in [0.15, 0.2) is 229 Å². The Bertz CT molecular complexity index is 3390. The number of furan rings is 1. The molecule has 62 heavy (non-hydrogen) atoms. The summed E-state index contributed by atoms with van der Waals surface area (Å²) in [5, 5.41) is 1.00. The van der Waals surface area contributed by atoms with Gasteiger partial charge in [-0.1, -0.05) is 194 Å². The second-order valence-corrected chi connectivity index (χ2v) is 15.9. The molecule has 3 heterocycles. The summed E-state index contributed by atoms with van der Waals surface area (Å²) < 4.78 is 6.51. The number of pyridine rings is 1. The minimum absolute atomic E-state index is 0.517. The van der Waals surface area contributed by atoms with Crippen molar-refractivity contribution in [2.45, 2.75) is 5.41 Å². The molecule has 0 unspecified atom stereocenters. The van der Waals surface area contributed by atoms with Crippen molar-refractivity contribution in [1.82, 2.24) is 15.0 Å². The monoisotopic (exact) mass is 791 g/mol. The highest BCUT2D eigenvalue weighted by molar-refractivity contribution is 6.08. The van der Waals surface area contributed by atoms with Crippen LogP contribution in [-0.4, -0.2) is 15.0 Å². The van der Waals surface area contributed by atoms with Crippen LogP contribution in [0.1, 0.15) is 22.3 Å². The molecule has 0 N–H and O–H groups in total. The van der Waals surface area contributed by atoms with Gasteiger partial charge in [-0.25, -0.2) is 15.0 Å². The van der Waals surface area contributed by atoms with Crippen LogP contribution in [0.4, 0.5) is 0 Å². The van der Waals surface area contributed by atoms with Crippen LogP contribution < -0.4 is 0 Å². The lowest BCUT2D eigenvalue weighted by Crippen LogP contribution is -2.28. The molecular formula is C58H37N3O. The first kappa shape index (κ1) is 35.7. The number of nitrogens with zero attached hydrogens (tertiary/aromatic N) is 3. The fraction of sp³-hybridized carbons (Fsp3) is 0.0172. The van der Waals surface area contributed by atoms with Crippen LogP contribution in [0.3, 0.4) is 0 Å². The Morgan fingerprint density at radius 1 is 0.339 bits per heavy atom. The molecule has 0 radical (unpaired) electrons. The van der Waals surface area contributed by atoms with Crippen molar-refractivity contribution in [2.75, 3.05) is 0 Å². The van der Waals surface area contributed by atoms with Crippen LogP contribution in [-0.2, 0) is 5.41 Å². The van der Waals surface area contributed by atoms with Crippen molar-refractivity contribution in [3.8, 4) is 67.4 Å². The maximum absolute atomic E-state index is 6.51. The molecule has 0 fully saturated rings. The molecule has 290 valence electrons. The first-order valence-electron chi connectivity index (χ1n) is 21.0. The summed E-state index contributed by atoms with van der Waals surface area (Å²) in [7, 11) is 0. The Balaban J connectivity index is 1.02. The molecule has 0 spiro atoms. The highest BCUT2D eigenvalue weighted by Crippen LogP contribution is 2.56. The molecule has 12 rings (SSSR count). The number of fused-ring (bicyclic) bond motifs is 6. The van der Waals surface area contributed by atoms with Crippen LogP contribution in [0, 0.1) is 0 Å². The molecule has 0 saturated heterocycles. The molecule has 11 aromatic rings. The molecule has 8 aromatic carbocycles. The van der Waals surface area contributed by atoms with Crippen molar-refractivity contribution >= 4 is 22.1 Å². The van der Waals surface area contributed by atoms with Crippen LogP contribution >= 0.6 is 0 Å². The average molecular weight is 792 g/mol. The van der Waals surface area contributed by atoms with E-state index >= 15 is 0 Å². The molecule has 3 aromatic heterocycles. The largest absolute Gasteiger partial charge is 0.454 e. The van der Waals surface area contributed by atoms with E-state index in [-0.39, 0.29) is 0 Å². The summed E-state index contributed by atoms with van der Waals surface area (Å²) in [6.07, 6.45) is 0. The van der Waals surface area contributed by atoms with Gasteiger partial charge in [0.2, 0.25) is 0 Å². The molecule has 0 atom stereocenters. The Morgan fingerprint density at radius 2 is 0.855 bits per heavy atom. The van der Waals surface area contributed by atoms with E-state index in [2.05, 4.69) is 170 Å². The van der Waals surface area contributed by atoms with Crippen molar-refractivity contribution in [1.29, 1.82) is 0 Å². The molecule has 0 saturated carbocycles. The van der Waals surface area contributed by atoms with Gasteiger partial charge in [-0.3, -0.25) is 0 Å². The molecule has 0 aliphatic heterocycles. The van der Waals surface area contributed by atoms with Gasteiger partial charge in [0.25, 0.3) is 0 Å². The third kappa shape index (κ3) is 5.72. The van der Waals surface area contributed by atoms with Gasteiger partial charge in [0.1, 0.15) is 11.1 Å². The molecule has 4 heteroatoms. The van der Waals surface area contributed by atoms with Gasteiger partial charge in [0, 0.05) is 33.2 Å². The Hall–Kier alpha value is -8.21. The highest BCUT2D eigenvalue weighted by atomic mass is 16.3. The maximum atomic E-state index is 6.51. The lowest BCUT2D eigenvalue weighted by atomic mass is 9.67. The second kappa shape index (κ2) is 14.5. The predicted octanol–water partition coefficient (Wildman–Crippen LogP) is 14.5. The predicted molar refractivity (Wildman–Crippen MR) is 252 cm³/mol. The van der Waals surface area contributed by atoms with E-state index in [1.54, 1.807) is 0 Å². The summed E-state index contributed by atoms with van der Waals surface area (Å²) in [4.78, 5) is 15.6. The molecule has 4 nitrogen and oxygen atoms in total. The van der Waals surface area contributed by atoms with Gasteiger partial charge in [-0.2, -0.15) is 0 Å². The Kier molecular flexibility index (Phi) is 8.36. The van der Waals surface area contributed by atoms with Gasteiger partial charge >= 0.3 is 0 Å². The van der Waals surface area contributed by atoms with E-state index < -0.39 is 5.41 Å². The summed E-state index contributed by atoms with van der Waals surface area (Å²) in [5.74, 6) is 0.675. The Labute approximate surface area is 359 Å². The van der Waals surface area contributed by atoms with Gasteiger partial charge in [0.15, 0.2) is 11.4 Å². The average Bonchev–Trinajstić information content (AvgIpc) is 3.88. The summed E-state index contributed by atoms with van der Waals surface area (Å²) in [6.45, 7) is 0. The standard InChI is InChI=1S/C58H37N3O/c1-5-17-39(18-6-1)51-36-48(56-55(59-51)47-26-14-16-28-54(47)62-56)38-29-31-40(32-30-38)52-37-53(61-57(60-52)41-19-7-2-8-20-41)42-33-34-46-45-25-13-15-27-49(45)58(50(46)35-42,43-21-9-3-10-22-43)44-23-11-4-12-24-44/h1-37H. The third-order valence-corrected chi connectivity index (χ3v) is 12.4. The zero-order valence-corrected chi connectivity index (χ0v) is 33.6. The molecule has 0 amide bonds. The fourth-order valence-corrected chi connectivity index (χ4v) is 9.54. The van der Waals surface area contributed by atoms with Gasteiger partial charge in [-0.05, 0) is 69.3 Å². The number of rotatable bonds is 7. The lowest BCUT2D eigenvalue weighted by Gasteiger charge is -2.34. The van der Waals surface area contributed by atoms with E-state index in [1.165, 1.54) is 33.4 Å². The quantitative estimate of drug-likeness (QED) is 0.161. The highest BCUT2D eigenvalue weighted by Gasteiger charge is 2.46. The SMILES string of the molecule is c1ccc(-c2cc(-c3ccc(-c4cc(-c5ccc6c(c5)C(c5ccccc5)(c5ccccc5)c5ccccc5-6)nc(-c5ccccc5)n4)cc3)c3oc4ccccc4c3n2)cc1. The normalized spacial score (nSPS) is 12.6. The van der Waals surface area contributed by atoms with Crippen molar-refractivity contribution in [3.05, 3.63) is 247 Å². The van der Waals surface area contributed by atoms with Crippen molar-refractivity contribution in [2.24, 2.45) is 0 Å². The van der Waals surface area contributed by atoms with E-state index in [1.807, 2.05) is 54.6 Å². The molecule has 1 aliphatic rings. The zero-order valence-electron chi connectivity index (χ0n) is 33.6. The van der Waals surface area contributed by atoms with Gasteiger partial charge < -0.3 is 4.42 Å². The number of hydrogen-bond donors (Lipinski definition) is 0. The van der Waals surface area contributed by atoms with Crippen LogP contribution in [0.5, 0.6) is 0 Å². The van der Waals surface area contributed by atoms with Crippen LogP contribution in [0.25, 0.3) is 89.5 Å². The number of benzene rings is 8. The molecule has 1 aliphatic carbocycles. The number of hydrogen-bond acceptors (Lipinski definition) is 4. The minimum Gasteiger partial charge on any atom is -0.454 e. The third-order valence-electron chi connectivity index (χ3n) is 12.4. The Morgan fingerprint density at radius 3 is 1.56 bits per heavy atom. The molecular weight excluding hydrogens is 755 g/mol.